The number of piperidine rings is 1. The van der Waals surface area contributed by atoms with Gasteiger partial charge in [-0.3, -0.25) is 9.89 Å². The summed E-state index contributed by atoms with van der Waals surface area (Å²) in [5, 5.41) is 10.3. The largest absolute Gasteiger partial charge is 0.357 e. The van der Waals surface area contributed by atoms with E-state index in [1.165, 1.54) is 5.56 Å². The molecule has 3 rings (SSSR count). The molecule has 0 unspecified atom stereocenters. The van der Waals surface area contributed by atoms with Crippen molar-refractivity contribution in [2.45, 2.75) is 45.7 Å². The SMILES string of the molecule is CCNC(=NCCc1csc(C)n1)NC1CCN(Cc2ccccc2)CC1. The Bertz CT molecular complexity index is 704. The van der Waals surface area contributed by atoms with Crippen molar-refractivity contribution in [1.82, 2.24) is 20.5 Å². The lowest BCUT2D eigenvalue weighted by Gasteiger charge is -2.33. The average molecular weight is 386 g/mol. The number of aliphatic imine (C=N–C) groups is 1. The molecule has 0 aliphatic carbocycles. The van der Waals surface area contributed by atoms with Crippen LogP contribution < -0.4 is 10.6 Å². The smallest absolute Gasteiger partial charge is 0.191 e. The van der Waals surface area contributed by atoms with Crippen molar-refractivity contribution in [3.05, 3.63) is 52.0 Å². The fourth-order valence-electron chi connectivity index (χ4n) is 3.40. The van der Waals surface area contributed by atoms with E-state index in [2.05, 4.69) is 63.2 Å². The van der Waals surface area contributed by atoms with Gasteiger partial charge in [0.15, 0.2) is 5.96 Å². The first-order valence-corrected chi connectivity index (χ1v) is 10.8. The molecule has 2 heterocycles. The summed E-state index contributed by atoms with van der Waals surface area (Å²) in [5.74, 6) is 0.936. The van der Waals surface area contributed by atoms with Gasteiger partial charge in [-0.05, 0) is 32.3 Å². The zero-order valence-electron chi connectivity index (χ0n) is 16.4. The Hall–Kier alpha value is -1.92. The van der Waals surface area contributed by atoms with Crippen LogP contribution >= 0.6 is 11.3 Å². The molecule has 1 aliphatic heterocycles. The van der Waals surface area contributed by atoms with Gasteiger partial charge in [0.25, 0.3) is 0 Å². The fraction of sp³-hybridized carbons (Fsp3) is 0.524. The number of aryl methyl sites for hydroxylation is 1. The van der Waals surface area contributed by atoms with Crippen molar-refractivity contribution in [3.63, 3.8) is 0 Å². The second-order valence-corrected chi connectivity index (χ2v) is 8.11. The van der Waals surface area contributed by atoms with Crippen molar-refractivity contribution in [3.8, 4) is 0 Å². The normalized spacial score (nSPS) is 16.4. The Balaban J connectivity index is 1.43. The molecule has 6 heteroatoms. The molecule has 1 saturated heterocycles. The molecule has 1 aromatic carbocycles. The molecule has 0 saturated carbocycles. The second-order valence-electron chi connectivity index (χ2n) is 7.05. The lowest BCUT2D eigenvalue weighted by atomic mass is 10.0. The van der Waals surface area contributed by atoms with Gasteiger partial charge in [0, 0.05) is 50.6 Å². The van der Waals surface area contributed by atoms with Crippen LogP contribution in [-0.2, 0) is 13.0 Å². The number of nitrogens with zero attached hydrogens (tertiary/aromatic N) is 3. The maximum Gasteiger partial charge on any atom is 0.191 e. The fourth-order valence-corrected chi connectivity index (χ4v) is 4.04. The molecule has 1 fully saturated rings. The molecule has 0 atom stereocenters. The van der Waals surface area contributed by atoms with Gasteiger partial charge in [-0.25, -0.2) is 4.98 Å². The van der Waals surface area contributed by atoms with Crippen molar-refractivity contribution < 1.29 is 0 Å². The predicted octanol–water partition coefficient (Wildman–Crippen LogP) is 3.21. The summed E-state index contributed by atoms with van der Waals surface area (Å²) in [6, 6.07) is 11.2. The number of nitrogens with one attached hydrogen (secondary N) is 2. The van der Waals surface area contributed by atoms with Gasteiger partial charge in [-0.2, -0.15) is 0 Å². The Labute approximate surface area is 166 Å². The summed E-state index contributed by atoms with van der Waals surface area (Å²) < 4.78 is 0. The van der Waals surface area contributed by atoms with Gasteiger partial charge in [-0.15, -0.1) is 11.3 Å². The maximum absolute atomic E-state index is 4.74. The Morgan fingerprint density at radius 2 is 2.04 bits per heavy atom. The summed E-state index contributed by atoms with van der Waals surface area (Å²) in [7, 11) is 0. The third-order valence-corrected chi connectivity index (χ3v) is 5.65. The van der Waals surface area contributed by atoms with Crippen LogP contribution in [0.25, 0.3) is 0 Å². The number of thiazole rings is 1. The highest BCUT2D eigenvalue weighted by molar-refractivity contribution is 7.09. The zero-order chi connectivity index (χ0) is 18.9. The zero-order valence-corrected chi connectivity index (χ0v) is 17.3. The number of hydrogen-bond acceptors (Lipinski definition) is 4. The van der Waals surface area contributed by atoms with E-state index in [4.69, 9.17) is 4.99 Å². The second kappa shape index (κ2) is 10.4. The van der Waals surface area contributed by atoms with E-state index in [-0.39, 0.29) is 0 Å². The summed E-state index contributed by atoms with van der Waals surface area (Å²) in [6.45, 7) is 9.12. The summed E-state index contributed by atoms with van der Waals surface area (Å²) >= 11 is 1.71. The quantitative estimate of drug-likeness (QED) is 0.568. The third kappa shape index (κ3) is 6.63. The van der Waals surface area contributed by atoms with Crippen molar-refractivity contribution in [1.29, 1.82) is 0 Å². The lowest BCUT2D eigenvalue weighted by molar-refractivity contribution is 0.198. The maximum atomic E-state index is 4.74. The molecular weight excluding hydrogens is 354 g/mol. The van der Waals surface area contributed by atoms with Gasteiger partial charge in [0.1, 0.15) is 0 Å². The molecule has 0 bridgehead atoms. The number of aromatic nitrogens is 1. The van der Waals surface area contributed by atoms with E-state index < -0.39 is 0 Å². The van der Waals surface area contributed by atoms with Gasteiger partial charge in [-0.1, -0.05) is 30.3 Å². The first-order valence-electron chi connectivity index (χ1n) is 9.95. The van der Waals surface area contributed by atoms with Crippen molar-refractivity contribution in [2.75, 3.05) is 26.2 Å². The molecule has 146 valence electrons. The van der Waals surface area contributed by atoms with E-state index in [9.17, 15) is 0 Å². The van der Waals surface area contributed by atoms with E-state index in [0.717, 1.165) is 68.6 Å². The molecule has 0 radical (unpaired) electrons. The van der Waals surface area contributed by atoms with Gasteiger partial charge < -0.3 is 10.6 Å². The Morgan fingerprint density at radius 3 is 2.70 bits per heavy atom. The molecule has 0 spiro atoms. The summed E-state index contributed by atoms with van der Waals surface area (Å²) in [5.41, 5.74) is 2.54. The van der Waals surface area contributed by atoms with Crippen LogP contribution in [0.5, 0.6) is 0 Å². The highest BCUT2D eigenvalue weighted by Gasteiger charge is 2.20. The number of rotatable bonds is 7. The topological polar surface area (TPSA) is 52.6 Å². The number of likely N-dealkylation sites (tertiary alicyclic amines) is 1. The summed E-state index contributed by atoms with van der Waals surface area (Å²) in [6.07, 6.45) is 3.21. The van der Waals surface area contributed by atoms with E-state index in [1.54, 1.807) is 11.3 Å². The Morgan fingerprint density at radius 1 is 1.26 bits per heavy atom. The van der Waals surface area contributed by atoms with Crippen LogP contribution in [0.1, 0.15) is 36.0 Å². The molecule has 5 nitrogen and oxygen atoms in total. The van der Waals surface area contributed by atoms with Gasteiger partial charge in [0.05, 0.1) is 10.7 Å². The summed E-state index contributed by atoms with van der Waals surface area (Å²) in [4.78, 5) is 11.8. The van der Waals surface area contributed by atoms with E-state index >= 15 is 0 Å². The Kier molecular flexibility index (Phi) is 7.66. The van der Waals surface area contributed by atoms with E-state index in [1.807, 2.05) is 6.92 Å². The van der Waals surface area contributed by atoms with Crippen LogP contribution in [0, 0.1) is 6.92 Å². The molecule has 2 aromatic rings. The first-order chi connectivity index (χ1) is 13.2. The molecule has 27 heavy (non-hydrogen) atoms. The minimum absolute atomic E-state index is 0.497. The van der Waals surface area contributed by atoms with Crippen LogP contribution in [-0.4, -0.2) is 48.1 Å². The minimum atomic E-state index is 0.497. The van der Waals surface area contributed by atoms with Crippen LogP contribution in [0.4, 0.5) is 0 Å². The minimum Gasteiger partial charge on any atom is -0.357 e. The molecule has 1 aromatic heterocycles. The highest BCUT2D eigenvalue weighted by Crippen LogP contribution is 2.14. The van der Waals surface area contributed by atoms with Crippen LogP contribution in [0.3, 0.4) is 0 Å². The standard InChI is InChI=1S/C21H31N5S/c1-3-22-21(23-12-9-20-16-27-17(2)24-20)25-19-10-13-26(14-11-19)15-18-7-5-4-6-8-18/h4-8,16,19H,3,9-15H2,1-2H3,(H2,22,23,25). The number of guanidine groups is 1. The molecule has 2 N–H and O–H groups in total. The molecular formula is C21H31N5S. The lowest BCUT2D eigenvalue weighted by Crippen LogP contribution is -2.48. The van der Waals surface area contributed by atoms with Crippen molar-refractivity contribution >= 4 is 17.3 Å². The molecule has 0 amide bonds. The monoisotopic (exact) mass is 385 g/mol. The first kappa shape index (κ1) is 19.8. The van der Waals surface area contributed by atoms with Crippen LogP contribution in [0.15, 0.2) is 40.7 Å². The predicted molar refractivity (Wildman–Crippen MR) is 114 cm³/mol. The van der Waals surface area contributed by atoms with Crippen LogP contribution in [0.2, 0.25) is 0 Å². The number of benzene rings is 1. The van der Waals surface area contributed by atoms with Crippen molar-refractivity contribution in [2.24, 2.45) is 4.99 Å². The average Bonchev–Trinajstić information content (AvgIpc) is 3.09. The highest BCUT2D eigenvalue weighted by atomic mass is 32.1. The number of hydrogen-bond donors (Lipinski definition) is 2. The van der Waals surface area contributed by atoms with Gasteiger partial charge in [0.2, 0.25) is 0 Å². The van der Waals surface area contributed by atoms with E-state index in [0.29, 0.717) is 6.04 Å². The van der Waals surface area contributed by atoms with Gasteiger partial charge >= 0.3 is 0 Å². The third-order valence-electron chi connectivity index (χ3n) is 4.83. The molecule has 1 aliphatic rings.